The molecule has 0 heterocycles. The number of Topliss-reactive ketones (excluding diaryl/α,β-unsaturated/α-hetero) is 1. The molecule has 2 heteroatoms. The highest BCUT2D eigenvalue weighted by Gasteiger charge is 2.43. The van der Waals surface area contributed by atoms with Crippen LogP contribution in [0, 0.1) is 0 Å². The number of hydrogen-bond donors (Lipinski definition) is 0. The summed E-state index contributed by atoms with van der Waals surface area (Å²) in [5.41, 5.74) is 3.35. The van der Waals surface area contributed by atoms with Gasteiger partial charge < -0.3 is 4.90 Å². The number of carbonyl (C=O) groups excluding carboxylic acids is 1. The number of benzene rings is 3. The molecule has 0 bridgehead atoms. The second kappa shape index (κ2) is 9.40. The fraction of sp³-hybridized carbons (Fsp3) is 0.321. The molecule has 3 aromatic carbocycles. The van der Waals surface area contributed by atoms with E-state index in [9.17, 15) is 4.79 Å². The van der Waals surface area contributed by atoms with Crippen molar-refractivity contribution >= 4 is 5.78 Å². The monoisotopic (exact) mass is 399 g/mol. The molecular weight excluding hydrogens is 366 g/mol. The SMILES string of the molecule is CC(C)c1ccc(C(=O)C(C[C@H](C)N(C)C)(c2ccccc2)c2ccccc2)cc1. The zero-order valence-electron chi connectivity index (χ0n) is 18.8. The summed E-state index contributed by atoms with van der Waals surface area (Å²) < 4.78 is 0. The molecule has 0 aromatic heterocycles. The van der Waals surface area contributed by atoms with Gasteiger partial charge in [-0.1, -0.05) is 98.8 Å². The van der Waals surface area contributed by atoms with Crippen molar-refractivity contribution in [3.63, 3.8) is 0 Å². The lowest BCUT2D eigenvalue weighted by molar-refractivity contribution is 0.0882. The fourth-order valence-corrected chi connectivity index (χ4v) is 4.09. The van der Waals surface area contributed by atoms with Crippen LogP contribution >= 0.6 is 0 Å². The van der Waals surface area contributed by atoms with Gasteiger partial charge >= 0.3 is 0 Å². The Hall–Kier alpha value is -2.71. The Kier molecular flexibility index (Phi) is 6.89. The van der Waals surface area contributed by atoms with Crippen molar-refractivity contribution in [1.29, 1.82) is 0 Å². The summed E-state index contributed by atoms with van der Waals surface area (Å²) in [6.07, 6.45) is 0.707. The van der Waals surface area contributed by atoms with Crippen molar-refractivity contribution < 1.29 is 4.79 Å². The van der Waals surface area contributed by atoms with E-state index in [0.717, 1.165) is 16.7 Å². The van der Waals surface area contributed by atoms with Crippen molar-refractivity contribution in [3.8, 4) is 0 Å². The lowest BCUT2D eigenvalue weighted by Gasteiger charge is -2.38. The average Bonchev–Trinajstić information content (AvgIpc) is 2.78. The molecule has 156 valence electrons. The highest BCUT2D eigenvalue weighted by molar-refractivity contribution is 6.06. The molecule has 0 fully saturated rings. The van der Waals surface area contributed by atoms with E-state index >= 15 is 0 Å². The van der Waals surface area contributed by atoms with E-state index in [1.807, 2.05) is 48.5 Å². The molecule has 3 aromatic rings. The quantitative estimate of drug-likeness (QED) is 0.413. The Morgan fingerprint density at radius 1 is 0.767 bits per heavy atom. The summed E-state index contributed by atoms with van der Waals surface area (Å²) in [7, 11) is 4.15. The molecule has 3 rings (SSSR count). The van der Waals surface area contributed by atoms with Crippen LogP contribution in [0.1, 0.15) is 60.2 Å². The Bertz CT molecular complexity index is 903. The third kappa shape index (κ3) is 4.39. The van der Waals surface area contributed by atoms with Crippen molar-refractivity contribution in [2.45, 2.75) is 44.6 Å². The molecule has 0 radical (unpaired) electrons. The Labute approximate surface area is 181 Å². The van der Waals surface area contributed by atoms with E-state index in [0.29, 0.717) is 12.3 Å². The average molecular weight is 400 g/mol. The van der Waals surface area contributed by atoms with Gasteiger partial charge in [0.2, 0.25) is 0 Å². The Morgan fingerprint density at radius 2 is 1.23 bits per heavy atom. The molecule has 0 saturated carbocycles. The van der Waals surface area contributed by atoms with Crippen LogP contribution in [0.3, 0.4) is 0 Å². The molecule has 2 nitrogen and oxygen atoms in total. The third-order valence-electron chi connectivity index (χ3n) is 6.24. The van der Waals surface area contributed by atoms with E-state index in [1.165, 1.54) is 5.56 Å². The summed E-state index contributed by atoms with van der Waals surface area (Å²) >= 11 is 0. The summed E-state index contributed by atoms with van der Waals surface area (Å²) in [6, 6.07) is 28.9. The van der Waals surface area contributed by atoms with Crippen molar-refractivity contribution in [1.82, 2.24) is 4.90 Å². The van der Waals surface area contributed by atoms with Crippen molar-refractivity contribution in [3.05, 3.63) is 107 Å². The molecule has 0 N–H and O–H groups in total. The molecule has 0 saturated heterocycles. The molecular formula is C28H33NO. The van der Waals surface area contributed by atoms with E-state index in [2.05, 4.69) is 76.2 Å². The summed E-state index contributed by atoms with van der Waals surface area (Å²) in [5.74, 6) is 0.597. The maximum atomic E-state index is 14.3. The minimum Gasteiger partial charge on any atom is -0.307 e. The zero-order chi connectivity index (χ0) is 21.7. The van der Waals surface area contributed by atoms with E-state index < -0.39 is 5.41 Å². The zero-order valence-corrected chi connectivity index (χ0v) is 18.8. The molecule has 0 spiro atoms. The molecule has 0 unspecified atom stereocenters. The molecule has 0 aliphatic heterocycles. The summed E-state index contributed by atoms with van der Waals surface area (Å²) in [5, 5.41) is 0. The summed E-state index contributed by atoms with van der Waals surface area (Å²) in [6.45, 7) is 6.54. The summed E-state index contributed by atoms with van der Waals surface area (Å²) in [4.78, 5) is 16.5. The molecule has 0 aliphatic carbocycles. The molecule has 30 heavy (non-hydrogen) atoms. The number of nitrogens with zero attached hydrogens (tertiary/aromatic N) is 1. The topological polar surface area (TPSA) is 20.3 Å². The van der Waals surface area contributed by atoms with Crippen molar-refractivity contribution in [2.24, 2.45) is 0 Å². The van der Waals surface area contributed by atoms with Gasteiger partial charge in [-0.3, -0.25) is 4.79 Å². The standard InChI is InChI=1S/C28H33NO/c1-21(2)23-16-18-24(19-17-23)27(30)28(20-22(3)29(4)5,25-12-8-6-9-13-25)26-14-10-7-11-15-26/h6-19,21-22H,20H2,1-5H3/t22-/m0/s1. The van der Waals surface area contributed by atoms with Crippen LogP contribution in [0.5, 0.6) is 0 Å². The first-order valence-corrected chi connectivity index (χ1v) is 10.8. The predicted octanol–water partition coefficient (Wildman–Crippen LogP) is 6.32. The fourth-order valence-electron chi connectivity index (χ4n) is 4.09. The van der Waals surface area contributed by atoms with Crippen molar-refractivity contribution in [2.75, 3.05) is 14.1 Å². The second-order valence-corrected chi connectivity index (χ2v) is 8.76. The molecule has 1 atom stereocenters. The minimum atomic E-state index is -0.744. The minimum absolute atomic E-state index is 0.156. The highest BCUT2D eigenvalue weighted by atomic mass is 16.1. The number of ketones is 1. The first-order chi connectivity index (χ1) is 14.4. The first-order valence-electron chi connectivity index (χ1n) is 10.8. The van der Waals surface area contributed by atoms with E-state index in [4.69, 9.17) is 0 Å². The van der Waals surface area contributed by atoms with Gasteiger partial charge in [0, 0.05) is 11.6 Å². The lowest BCUT2D eigenvalue weighted by atomic mass is 9.66. The smallest absolute Gasteiger partial charge is 0.177 e. The van der Waals surface area contributed by atoms with Gasteiger partial charge in [0.1, 0.15) is 0 Å². The molecule has 0 aliphatic rings. The lowest BCUT2D eigenvalue weighted by Crippen LogP contribution is -2.43. The third-order valence-corrected chi connectivity index (χ3v) is 6.24. The van der Waals surface area contributed by atoms with Crippen LogP contribution in [0.4, 0.5) is 0 Å². The highest BCUT2D eigenvalue weighted by Crippen LogP contribution is 2.40. The van der Waals surface area contributed by atoms with Crippen LogP contribution in [0.15, 0.2) is 84.9 Å². The predicted molar refractivity (Wildman–Crippen MR) is 126 cm³/mol. The van der Waals surface area contributed by atoms with Crippen LogP contribution in [-0.4, -0.2) is 30.8 Å². The maximum Gasteiger partial charge on any atom is 0.177 e. The number of hydrogen-bond acceptors (Lipinski definition) is 2. The van der Waals surface area contributed by atoms with Gasteiger partial charge in [0.05, 0.1) is 5.41 Å². The van der Waals surface area contributed by atoms with E-state index in [-0.39, 0.29) is 11.8 Å². The van der Waals surface area contributed by atoms with Gasteiger partial charge in [-0.15, -0.1) is 0 Å². The number of rotatable bonds is 8. The van der Waals surface area contributed by atoms with Gasteiger partial charge in [-0.2, -0.15) is 0 Å². The van der Waals surface area contributed by atoms with Gasteiger partial charge in [-0.05, 0) is 50.0 Å². The normalized spacial score (nSPS) is 12.9. The second-order valence-electron chi connectivity index (χ2n) is 8.76. The largest absolute Gasteiger partial charge is 0.307 e. The van der Waals surface area contributed by atoms with Gasteiger partial charge in [-0.25, -0.2) is 0 Å². The Morgan fingerprint density at radius 3 is 1.63 bits per heavy atom. The van der Waals surface area contributed by atoms with Gasteiger partial charge in [0.15, 0.2) is 5.78 Å². The maximum absolute atomic E-state index is 14.3. The van der Waals surface area contributed by atoms with E-state index in [1.54, 1.807) is 0 Å². The van der Waals surface area contributed by atoms with Crippen LogP contribution in [-0.2, 0) is 5.41 Å². The van der Waals surface area contributed by atoms with Crippen LogP contribution < -0.4 is 0 Å². The van der Waals surface area contributed by atoms with Crippen LogP contribution in [0.2, 0.25) is 0 Å². The van der Waals surface area contributed by atoms with Gasteiger partial charge in [0.25, 0.3) is 0 Å². The first kappa shape index (κ1) is 22.0. The van der Waals surface area contributed by atoms with Crippen LogP contribution in [0.25, 0.3) is 0 Å². The molecule has 0 amide bonds. The Balaban J connectivity index is 2.22. The number of carbonyl (C=O) groups is 1.